The van der Waals surface area contributed by atoms with Crippen molar-refractivity contribution in [1.29, 1.82) is 0 Å². The number of carbonyl (C=O) groups is 1. The monoisotopic (exact) mass is 518 g/mol. The summed E-state index contributed by atoms with van der Waals surface area (Å²) in [7, 11) is 0. The van der Waals surface area contributed by atoms with Gasteiger partial charge in [-0.15, -0.1) is 4.31 Å². The van der Waals surface area contributed by atoms with Crippen LogP contribution in [0.2, 0.25) is 0 Å². The van der Waals surface area contributed by atoms with Crippen LogP contribution in [0.25, 0.3) is 11.1 Å². The molecule has 2 N–H and O–H groups in total. The number of ether oxygens (including phenoxy) is 2. The minimum Gasteiger partial charge on any atom is -0.593 e. The summed E-state index contributed by atoms with van der Waals surface area (Å²) >= 11 is -1.30. The van der Waals surface area contributed by atoms with Crippen LogP contribution in [0.15, 0.2) is 71.6 Å². The van der Waals surface area contributed by atoms with E-state index in [1.165, 1.54) is 0 Å². The number of hydrogen-bond acceptors (Lipinski definition) is 6. The first-order valence-corrected chi connectivity index (χ1v) is 13.9. The van der Waals surface area contributed by atoms with Crippen LogP contribution < -0.4 is 14.8 Å². The topological polar surface area (TPSA) is 94.1 Å². The van der Waals surface area contributed by atoms with Crippen molar-refractivity contribution in [3.05, 3.63) is 72.3 Å². The summed E-state index contributed by atoms with van der Waals surface area (Å²) in [5, 5.41) is 12.8. The van der Waals surface area contributed by atoms with Gasteiger partial charge in [0.25, 0.3) is 0 Å². The molecule has 1 amide bonds. The normalized spacial score (nSPS) is 20.9. The Morgan fingerprint density at radius 2 is 1.84 bits per heavy atom. The van der Waals surface area contributed by atoms with Crippen LogP contribution in [0.1, 0.15) is 37.7 Å². The second-order valence-electron chi connectivity index (χ2n) is 9.93. The largest absolute Gasteiger partial charge is 0.593 e. The summed E-state index contributed by atoms with van der Waals surface area (Å²) in [5.74, 6) is 1.39. The van der Waals surface area contributed by atoms with E-state index in [0.717, 1.165) is 65.9 Å². The highest BCUT2D eigenvalue weighted by Gasteiger charge is 2.51. The summed E-state index contributed by atoms with van der Waals surface area (Å²) in [5.41, 5.74) is 3.09. The van der Waals surface area contributed by atoms with Crippen molar-refractivity contribution in [2.45, 2.75) is 48.5 Å². The molecule has 6 rings (SSSR count). The minimum absolute atomic E-state index is 0.0192. The van der Waals surface area contributed by atoms with Crippen molar-refractivity contribution in [3.8, 4) is 22.6 Å². The molecule has 1 saturated heterocycles. The van der Waals surface area contributed by atoms with E-state index in [1.54, 1.807) is 0 Å². The number of benzene rings is 3. The maximum Gasteiger partial charge on any atom is 0.235 e. The number of rotatable bonds is 7. The quantitative estimate of drug-likeness (QED) is 0.443. The first-order chi connectivity index (χ1) is 18.1. The lowest BCUT2D eigenvalue weighted by Crippen LogP contribution is -2.45. The maximum atomic E-state index is 13.3. The van der Waals surface area contributed by atoms with E-state index in [1.807, 2.05) is 71.0 Å². The van der Waals surface area contributed by atoms with Crippen LogP contribution >= 0.6 is 0 Å². The molecule has 3 aromatic rings. The molecular formula is C29H30N2O5S. The van der Waals surface area contributed by atoms with Gasteiger partial charge in [-0.3, -0.25) is 4.79 Å². The summed E-state index contributed by atoms with van der Waals surface area (Å²) in [6.07, 6.45) is 4.52. The third kappa shape index (κ3) is 4.70. The van der Waals surface area contributed by atoms with Gasteiger partial charge in [0.1, 0.15) is 0 Å². The van der Waals surface area contributed by atoms with Gasteiger partial charge in [-0.05, 0) is 90.9 Å². The second kappa shape index (κ2) is 10.0. The molecule has 0 spiro atoms. The molecule has 2 atom stereocenters. The zero-order chi connectivity index (χ0) is 25.4. The molecule has 192 valence electrons. The predicted molar refractivity (Wildman–Crippen MR) is 142 cm³/mol. The van der Waals surface area contributed by atoms with Crippen LogP contribution in [0.3, 0.4) is 0 Å². The lowest BCUT2D eigenvalue weighted by atomic mass is 9.94. The number of amides is 1. The number of nitrogens with one attached hydrogen (secondary N) is 1. The fraction of sp³-hybridized carbons (Fsp3) is 0.345. The van der Waals surface area contributed by atoms with E-state index in [0.29, 0.717) is 11.5 Å². The van der Waals surface area contributed by atoms with E-state index in [-0.39, 0.29) is 25.3 Å². The van der Waals surface area contributed by atoms with Crippen molar-refractivity contribution in [1.82, 2.24) is 4.31 Å². The van der Waals surface area contributed by atoms with E-state index in [4.69, 9.17) is 9.47 Å². The number of aliphatic hydroxyl groups is 1. The van der Waals surface area contributed by atoms with Crippen molar-refractivity contribution < 1.29 is 23.9 Å². The van der Waals surface area contributed by atoms with Gasteiger partial charge in [-0.1, -0.05) is 24.6 Å². The molecule has 2 unspecified atom stereocenters. The smallest absolute Gasteiger partial charge is 0.235 e. The number of hydrogen-bond donors (Lipinski definition) is 2. The van der Waals surface area contributed by atoms with Gasteiger partial charge in [0.05, 0.1) is 29.4 Å². The summed E-state index contributed by atoms with van der Waals surface area (Å²) in [4.78, 5) is 14.1. The van der Waals surface area contributed by atoms with Gasteiger partial charge in [0.15, 0.2) is 16.4 Å². The summed E-state index contributed by atoms with van der Waals surface area (Å²) in [6, 6.07) is 21.2. The van der Waals surface area contributed by atoms with Gasteiger partial charge in [0, 0.05) is 12.2 Å². The van der Waals surface area contributed by atoms with Gasteiger partial charge < -0.3 is 24.4 Å². The molecule has 37 heavy (non-hydrogen) atoms. The first-order valence-electron chi connectivity index (χ1n) is 12.8. The highest BCUT2D eigenvalue weighted by molar-refractivity contribution is 7.89. The van der Waals surface area contributed by atoms with Crippen molar-refractivity contribution in [2.75, 3.05) is 25.3 Å². The molecule has 0 aromatic heterocycles. The Morgan fingerprint density at radius 3 is 2.62 bits per heavy atom. The molecule has 8 heteroatoms. The van der Waals surface area contributed by atoms with Crippen LogP contribution in [0, 0.1) is 0 Å². The third-order valence-corrected chi connectivity index (χ3v) is 9.20. The van der Waals surface area contributed by atoms with Gasteiger partial charge in [0.2, 0.25) is 12.7 Å². The summed E-state index contributed by atoms with van der Waals surface area (Å²) < 4.78 is 26.0. The number of carbonyl (C=O) groups excluding carboxylic acids is 1. The summed E-state index contributed by atoms with van der Waals surface area (Å²) in [6.45, 7) is 0.969. The lowest BCUT2D eigenvalue weighted by molar-refractivity contribution is -0.118. The molecule has 1 aliphatic carbocycles. The average molecular weight is 519 g/mol. The first kappa shape index (κ1) is 24.3. The standard InChI is InChI=1S/C29H30N2O5S/c32-18-24-6-1-2-15-31(24)37(34)25-10-7-20(8-11-25)21-4-3-5-23(16-21)30-28(33)29(13-14-29)22-9-12-26-27(17-22)36-19-35-26/h3-5,7-12,16-17,24,32H,1-2,6,13-15,18-19H2,(H,30,33). The van der Waals surface area contributed by atoms with Gasteiger partial charge >= 0.3 is 0 Å². The molecule has 0 radical (unpaired) electrons. The van der Waals surface area contributed by atoms with Crippen molar-refractivity contribution >= 4 is 23.0 Å². The zero-order valence-corrected chi connectivity index (χ0v) is 21.3. The Hall–Kier alpha value is -3.04. The minimum atomic E-state index is -1.30. The van der Waals surface area contributed by atoms with Crippen molar-refractivity contribution in [2.24, 2.45) is 0 Å². The van der Waals surface area contributed by atoms with E-state index in [9.17, 15) is 14.5 Å². The van der Waals surface area contributed by atoms with Crippen molar-refractivity contribution in [3.63, 3.8) is 0 Å². The van der Waals surface area contributed by atoms with Crippen LogP contribution in [-0.4, -0.2) is 45.9 Å². The predicted octanol–water partition coefficient (Wildman–Crippen LogP) is 4.62. The molecule has 2 aliphatic heterocycles. The maximum absolute atomic E-state index is 13.3. The Labute approximate surface area is 219 Å². The Bertz CT molecular complexity index is 1290. The fourth-order valence-corrected chi connectivity index (χ4v) is 6.64. The molecule has 0 bridgehead atoms. The molecule has 3 aliphatic rings. The number of fused-ring (bicyclic) bond motifs is 1. The Balaban J connectivity index is 1.16. The van der Waals surface area contributed by atoms with E-state index < -0.39 is 16.8 Å². The van der Waals surface area contributed by atoms with E-state index in [2.05, 4.69) is 5.32 Å². The number of piperidine rings is 1. The van der Waals surface area contributed by atoms with Gasteiger partial charge in [-0.25, -0.2) is 0 Å². The third-order valence-electron chi connectivity index (χ3n) is 7.62. The highest BCUT2D eigenvalue weighted by Crippen LogP contribution is 2.51. The second-order valence-corrected chi connectivity index (χ2v) is 11.4. The average Bonchev–Trinajstić information content (AvgIpc) is 3.63. The number of aliphatic hydroxyl groups excluding tert-OH is 1. The number of nitrogens with zero attached hydrogens (tertiary/aromatic N) is 1. The molecule has 1 saturated carbocycles. The molecule has 7 nitrogen and oxygen atoms in total. The molecule has 2 heterocycles. The highest BCUT2D eigenvalue weighted by atomic mass is 32.2. The molecule has 3 aromatic carbocycles. The van der Waals surface area contributed by atoms with E-state index >= 15 is 0 Å². The molecular weight excluding hydrogens is 488 g/mol. The fourth-order valence-electron chi connectivity index (χ4n) is 5.27. The van der Waals surface area contributed by atoms with Crippen LogP contribution in [0.5, 0.6) is 11.5 Å². The molecule has 2 fully saturated rings. The van der Waals surface area contributed by atoms with Crippen LogP contribution in [-0.2, 0) is 21.6 Å². The Morgan fingerprint density at radius 1 is 1.03 bits per heavy atom. The zero-order valence-electron chi connectivity index (χ0n) is 20.5. The SMILES string of the molecule is O=C(Nc1cccc(-c2ccc([S+]([O-])N3CCCCC3CO)cc2)c1)C1(c2ccc3c(c2)OCO3)CC1. The Kier molecular flexibility index (Phi) is 6.58. The van der Waals surface area contributed by atoms with Crippen LogP contribution in [0.4, 0.5) is 5.69 Å². The van der Waals surface area contributed by atoms with Gasteiger partial charge in [-0.2, -0.15) is 0 Å². The lowest BCUT2D eigenvalue weighted by Gasteiger charge is -2.33. The number of anilines is 1.